The van der Waals surface area contributed by atoms with E-state index in [-0.39, 0.29) is 11.4 Å². The van der Waals surface area contributed by atoms with Gasteiger partial charge in [-0.2, -0.15) is 0 Å². The normalized spacial score (nSPS) is 14.4. The third-order valence-corrected chi connectivity index (χ3v) is 5.44. The molecule has 0 unspecified atom stereocenters. The van der Waals surface area contributed by atoms with E-state index in [2.05, 4.69) is 49.6 Å². The van der Waals surface area contributed by atoms with Crippen molar-refractivity contribution >= 4 is 16.9 Å². The maximum Gasteiger partial charge on any atom is 0.126 e. The average Bonchev–Trinajstić information content (AvgIpc) is 2.71. The molecule has 0 spiro atoms. The summed E-state index contributed by atoms with van der Waals surface area (Å²) in [6.45, 7) is 7.06. The monoisotopic (exact) mass is 402 g/mol. The molecule has 1 heterocycles. The standard InChI is InChI=1S/C26H27FN2O/c1-17-15-26(2,3)29-23-12-11-20(21-14-18(27)10-13-24(21)30-4)22(25(17)23)16-28-19-8-6-5-7-9-19/h5-15,28-29H,16H2,1-4H3. The van der Waals surface area contributed by atoms with Crippen LogP contribution in [0.25, 0.3) is 16.7 Å². The van der Waals surface area contributed by atoms with Crippen molar-refractivity contribution < 1.29 is 9.13 Å². The maximum absolute atomic E-state index is 14.2. The van der Waals surface area contributed by atoms with Crippen molar-refractivity contribution in [2.24, 2.45) is 0 Å². The zero-order valence-corrected chi connectivity index (χ0v) is 17.8. The van der Waals surface area contributed by atoms with Gasteiger partial charge in [0.2, 0.25) is 0 Å². The lowest BCUT2D eigenvalue weighted by molar-refractivity contribution is 0.415. The number of nitrogens with one attached hydrogen (secondary N) is 2. The van der Waals surface area contributed by atoms with E-state index in [0.29, 0.717) is 12.3 Å². The highest BCUT2D eigenvalue weighted by atomic mass is 19.1. The number of ether oxygens (including phenoxy) is 1. The lowest BCUT2D eigenvalue weighted by atomic mass is 9.85. The van der Waals surface area contributed by atoms with E-state index in [1.165, 1.54) is 11.6 Å². The van der Waals surface area contributed by atoms with Crippen molar-refractivity contribution in [3.8, 4) is 16.9 Å². The van der Waals surface area contributed by atoms with Gasteiger partial charge in [0.1, 0.15) is 11.6 Å². The predicted octanol–water partition coefficient (Wildman–Crippen LogP) is 6.72. The van der Waals surface area contributed by atoms with Crippen molar-refractivity contribution in [2.75, 3.05) is 17.7 Å². The van der Waals surface area contributed by atoms with E-state index in [0.717, 1.165) is 33.6 Å². The van der Waals surface area contributed by atoms with E-state index in [9.17, 15) is 4.39 Å². The quantitative estimate of drug-likeness (QED) is 0.497. The molecule has 1 aliphatic heterocycles. The summed E-state index contributed by atoms with van der Waals surface area (Å²) in [4.78, 5) is 0. The molecule has 0 fully saturated rings. The molecule has 4 rings (SSSR count). The van der Waals surface area contributed by atoms with Crippen LogP contribution in [0.5, 0.6) is 5.75 Å². The number of para-hydroxylation sites is 1. The molecular formula is C26H27FN2O. The molecule has 0 saturated carbocycles. The van der Waals surface area contributed by atoms with Gasteiger partial charge in [-0.05, 0) is 73.9 Å². The molecule has 154 valence electrons. The molecule has 1 aliphatic rings. The van der Waals surface area contributed by atoms with Crippen molar-refractivity contribution in [3.63, 3.8) is 0 Å². The Balaban J connectivity index is 1.89. The van der Waals surface area contributed by atoms with E-state index in [1.54, 1.807) is 19.2 Å². The van der Waals surface area contributed by atoms with Crippen LogP contribution in [0.4, 0.5) is 15.8 Å². The molecule has 3 nitrogen and oxygen atoms in total. The first-order valence-electron chi connectivity index (χ1n) is 10.1. The first-order chi connectivity index (χ1) is 14.4. The number of benzene rings is 3. The lowest BCUT2D eigenvalue weighted by Crippen LogP contribution is -2.32. The van der Waals surface area contributed by atoms with Gasteiger partial charge in [0.25, 0.3) is 0 Å². The number of allylic oxidation sites excluding steroid dienone is 1. The number of methoxy groups -OCH3 is 1. The van der Waals surface area contributed by atoms with E-state index in [1.807, 2.05) is 30.3 Å². The van der Waals surface area contributed by atoms with Crippen molar-refractivity contribution in [1.29, 1.82) is 0 Å². The van der Waals surface area contributed by atoms with Gasteiger partial charge in [-0.25, -0.2) is 4.39 Å². The van der Waals surface area contributed by atoms with Crippen LogP contribution in [-0.2, 0) is 6.54 Å². The number of rotatable bonds is 5. The third kappa shape index (κ3) is 3.90. The number of hydrogen-bond donors (Lipinski definition) is 2. The smallest absolute Gasteiger partial charge is 0.126 e. The van der Waals surface area contributed by atoms with Gasteiger partial charge in [-0.15, -0.1) is 0 Å². The summed E-state index contributed by atoms with van der Waals surface area (Å²) in [5.41, 5.74) is 7.18. The fourth-order valence-electron chi connectivity index (χ4n) is 4.27. The SMILES string of the molecule is COc1ccc(F)cc1-c1ccc2c(c1CNc1ccccc1)C(C)=CC(C)(C)N2. The van der Waals surface area contributed by atoms with Gasteiger partial charge < -0.3 is 15.4 Å². The van der Waals surface area contributed by atoms with Crippen LogP contribution in [0.15, 0.2) is 66.7 Å². The molecule has 3 aromatic carbocycles. The van der Waals surface area contributed by atoms with Gasteiger partial charge in [0, 0.05) is 29.0 Å². The van der Waals surface area contributed by atoms with Crippen LogP contribution in [-0.4, -0.2) is 12.6 Å². The predicted molar refractivity (Wildman–Crippen MR) is 124 cm³/mol. The molecule has 3 aromatic rings. The first-order valence-corrected chi connectivity index (χ1v) is 10.1. The van der Waals surface area contributed by atoms with E-state index < -0.39 is 0 Å². The Bertz CT molecular complexity index is 1100. The van der Waals surface area contributed by atoms with Crippen molar-refractivity contribution in [2.45, 2.75) is 32.9 Å². The van der Waals surface area contributed by atoms with Gasteiger partial charge in [0.05, 0.1) is 12.6 Å². The van der Waals surface area contributed by atoms with Gasteiger partial charge in [-0.3, -0.25) is 0 Å². The van der Waals surface area contributed by atoms with Crippen LogP contribution in [0.1, 0.15) is 31.9 Å². The van der Waals surface area contributed by atoms with Gasteiger partial charge >= 0.3 is 0 Å². The Morgan fingerprint density at radius 1 is 1.00 bits per heavy atom. The third-order valence-electron chi connectivity index (χ3n) is 5.44. The number of fused-ring (bicyclic) bond motifs is 1. The molecule has 0 bridgehead atoms. The van der Waals surface area contributed by atoms with Crippen LogP contribution in [0.3, 0.4) is 0 Å². The summed E-state index contributed by atoms with van der Waals surface area (Å²) in [5, 5.41) is 7.14. The fourth-order valence-corrected chi connectivity index (χ4v) is 4.27. The van der Waals surface area contributed by atoms with Crippen LogP contribution in [0, 0.1) is 5.82 Å². The Labute approximate surface area is 177 Å². The summed E-state index contributed by atoms with van der Waals surface area (Å²) in [6.07, 6.45) is 2.24. The highest BCUT2D eigenvalue weighted by molar-refractivity contribution is 5.88. The van der Waals surface area contributed by atoms with Crippen molar-refractivity contribution in [1.82, 2.24) is 0 Å². The summed E-state index contributed by atoms with van der Waals surface area (Å²) >= 11 is 0. The zero-order valence-electron chi connectivity index (χ0n) is 17.8. The molecule has 0 saturated heterocycles. The molecular weight excluding hydrogens is 375 g/mol. The minimum atomic E-state index is -0.281. The second kappa shape index (κ2) is 7.86. The molecule has 0 atom stereocenters. The minimum absolute atomic E-state index is 0.126. The number of halogens is 1. The van der Waals surface area contributed by atoms with Crippen molar-refractivity contribution in [3.05, 3.63) is 83.7 Å². The van der Waals surface area contributed by atoms with Crippen LogP contribution in [0.2, 0.25) is 0 Å². The first kappa shape index (κ1) is 20.0. The highest BCUT2D eigenvalue weighted by Crippen LogP contribution is 2.42. The zero-order chi connectivity index (χ0) is 21.3. The van der Waals surface area contributed by atoms with E-state index >= 15 is 0 Å². The maximum atomic E-state index is 14.2. The van der Waals surface area contributed by atoms with Crippen LogP contribution < -0.4 is 15.4 Å². The Kier molecular flexibility index (Phi) is 5.25. The summed E-state index contributed by atoms with van der Waals surface area (Å²) in [7, 11) is 1.62. The average molecular weight is 403 g/mol. The largest absolute Gasteiger partial charge is 0.496 e. The van der Waals surface area contributed by atoms with Gasteiger partial charge in [-0.1, -0.05) is 30.3 Å². The molecule has 0 aliphatic carbocycles. The lowest BCUT2D eigenvalue weighted by Gasteiger charge is -2.33. The van der Waals surface area contributed by atoms with Gasteiger partial charge in [0.15, 0.2) is 0 Å². The molecule has 0 radical (unpaired) electrons. The Morgan fingerprint density at radius 2 is 1.77 bits per heavy atom. The minimum Gasteiger partial charge on any atom is -0.496 e. The molecule has 4 heteroatoms. The summed E-state index contributed by atoms with van der Waals surface area (Å²) < 4.78 is 19.7. The molecule has 0 amide bonds. The molecule has 0 aromatic heterocycles. The Morgan fingerprint density at radius 3 is 2.50 bits per heavy atom. The number of anilines is 2. The second-order valence-corrected chi connectivity index (χ2v) is 8.25. The Hall–Kier alpha value is -3.27. The topological polar surface area (TPSA) is 33.3 Å². The summed E-state index contributed by atoms with van der Waals surface area (Å²) in [5.74, 6) is 0.375. The van der Waals surface area contributed by atoms with E-state index in [4.69, 9.17) is 4.74 Å². The molecule has 2 N–H and O–H groups in total. The highest BCUT2D eigenvalue weighted by Gasteiger charge is 2.26. The molecule has 30 heavy (non-hydrogen) atoms. The number of hydrogen-bond acceptors (Lipinski definition) is 3. The fraction of sp³-hybridized carbons (Fsp3) is 0.231. The van der Waals surface area contributed by atoms with Crippen LogP contribution >= 0.6 is 0 Å². The summed E-state index contributed by atoms with van der Waals surface area (Å²) in [6, 6.07) is 18.9. The second-order valence-electron chi connectivity index (χ2n) is 8.25.